The Labute approximate surface area is 109 Å². The molecule has 1 atom stereocenters. The largest absolute Gasteiger partial charge is 0.480 e. The van der Waals surface area contributed by atoms with E-state index in [0.29, 0.717) is 13.0 Å². The average molecular weight is 259 g/mol. The Morgan fingerprint density at radius 3 is 2.39 bits per heavy atom. The Morgan fingerprint density at radius 1 is 1.33 bits per heavy atom. The number of carbonyl (C=O) groups excluding carboxylic acids is 1. The van der Waals surface area contributed by atoms with Crippen LogP contribution in [0.1, 0.15) is 26.7 Å². The van der Waals surface area contributed by atoms with Crippen molar-refractivity contribution in [2.45, 2.75) is 32.7 Å². The lowest BCUT2D eigenvalue weighted by atomic mass is 10.0. The Morgan fingerprint density at radius 2 is 1.94 bits per heavy atom. The number of nitrogens with one attached hydrogen (secondary N) is 2. The van der Waals surface area contributed by atoms with E-state index >= 15 is 0 Å². The van der Waals surface area contributed by atoms with Gasteiger partial charge in [-0.3, -0.25) is 0 Å². The summed E-state index contributed by atoms with van der Waals surface area (Å²) < 4.78 is 0. The molecule has 0 aromatic rings. The molecule has 0 bridgehead atoms. The molecule has 106 valence electrons. The molecule has 0 aliphatic rings. The second-order valence-corrected chi connectivity index (χ2v) is 4.85. The summed E-state index contributed by atoms with van der Waals surface area (Å²) in [7, 11) is 3.52. The van der Waals surface area contributed by atoms with Crippen LogP contribution in [-0.4, -0.2) is 55.2 Å². The average Bonchev–Trinajstić information content (AvgIpc) is 2.27. The molecule has 18 heavy (non-hydrogen) atoms. The van der Waals surface area contributed by atoms with Crippen molar-refractivity contribution in [3.05, 3.63) is 0 Å². The van der Waals surface area contributed by atoms with E-state index < -0.39 is 12.0 Å². The Balaban J connectivity index is 4.19. The quantitative estimate of drug-likeness (QED) is 0.561. The number of urea groups is 1. The standard InChI is InChI=1S/C12H25N3O3/c1-9(2)8-10(11(16)17)14-12(18)15(4)7-5-6-13-3/h9-10,13H,5-8H2,1-4H3,(H,14,18)(H,16,17)/t10-/m1/s1. The molecule has 0 aromatic heterocycles. The van der Waals surface area contributed by atoms with Gasteiger partial charge in [0.05, 0.1) is 0 Å². The Hall–Kier alpha value is -1.30. The fourth-order valence-corrected chi connectivity index (χ4v) is 1.55. The maximum atomic E-state index is 11.8. The molecule has 0 radical (unpaired) electrons. The van der Waals surface area contributed by atoms with E-state index in [1.807, 2.05) is 20.9 Å². The first kappa shape index (κ1) is 16.7. The second-order valence-electron chi connectivity index (χ2n) is 4.85. The van der Waals surface area contributed by atoms with Gasteiger partial charge in [-0.05, 0) is 32.4 Å². The predicted molar refractivity (Wildman–Crippen MR) is 70.6 cm³/mol. The van der Waals surface area contributed by atoms with E-state index in [-0.39, 0.29) is 11.9 Å². The van der Waals surface area contributed by atoms with Crippen molar-refractivity contribution in [2.24, 2.45) is 5.92 Å². The second kappa shape index (κ2) is 8.74. The molecule has 0 saturated heterocycles. The maximum Gasteiger partial charge on any atom is 0.326 e. The summed E-state index contributed by atoms with van der Waals surface area (Å²) in [5, 5.41) is 14.6. The predicted octanol–water partition coefficient (Wildman–Crippen LogP) is 0.737. The van der Waals surface area contributed by atoms with Crippen LogP contribution in [0.25, 0.3) is 0 Å². The van der Waals surface area contributed by atoms with Gasteiger partial charge in [0.1, 0.15) is 6.04 Å². The van der Waals surface area contributed by atoms with Gasteiger partial charge < -0.3 is 20.6 Å². The van der Waals surface area contributed by atoms with Crippen LogP contribution in [0.3, 0.4) is 0 Å². The number of hydrogen-bond donors (Lipinski definition) is 3. The summed E-state index contributed by atoms with van der Waals surface area (Å²) in [5.41, 5.74) is 0. The first-order chi connectivity index (χ1) is 8.38. The van der Waals surface area contributed by atoms with Gasteiger partial charge in [-0.15, -0.1) is 0 Å². The number of aliphatic carboxylic acids is 1. The monoisotopic (exact) mass is 259 g/mol. The van der Waals surface area contributed by atoms with Crippen molar-refractivity contribution in [3.8, 4) is 0 Å². The fraction of sp³-hybridized carbons (Fsp3) is 0.833. The molecule has 0 fully saturated rings. The Kier molecular flexibility index (Phi) is 8.11. The van der Waals surface area contributed by atoms with E-state index in [1.54, 1.807) is 7.05 Å². The zero-order chi connectivity index (χ0) is 14.1. The van der Waals surface area contributed by atoms with Crippen LogP contribution in [0.15, 0.2) is 0 Å². The number of carbonyl (C=O) groups is 2. The lowest BCUT2D eigenvalue weighted by molar-refractivity contribution is -0.139. The molecule has 0 heterocycles. The van der Waals surface area contributed by atoms with Crippen LogP contribution >= 0.6 is 0 Å². The maximum absolute atomic E-state index is 11.8. The van der Waals surface area contributed by atoms with E-state index in [2.05, 4.69) is 10.6 Å². The van der Waals surface area contributed by atoms with Crippen molar-refractivity contribution < 1.29 is 14.7 Å². The van der Waals surface area contributed by atoms with Crippen molar-refractivity contribution >= 4 is 12.0 Å². The fourth-order valence-electron chi connectivity index (χ4n) is 1.55. The van der Waals surface area contributed by atoms with Gasteiger partial charge >= 0.3 is 12.0 Å². The molecule has 0 aliphatic carbocycles. The molecule has 6 nitrogen and oxygen atoms in total. The van der Waals surface area contributed by atoms with Gasteiger partial charge in [0, 0.05) is 13.6 Å². The summed E-state index contributed by atoms with van der Waals surface area (Å²) in [4.78, 5) is 24.3. The van der Waals surface area contributed by atoms with E-state index in [4.69, 9.17) is 5.11 Å². The third-order valence-corrected chi connectivity index (χ3v) is 2.57. The minimum absolute atomic E-state index is 0.223. The third kappa shape index (κ3) is 7.11. The van der Waals surface area contributed by atoms with Gasteiger partial charge in [-0.25, -0.2) is 9.59 Å². The molecule has 0 aliphatic heterocycles. The molecular formula is C12H25N3O3. The number of carboxylic acids is 1. The normalized spacial score (nSPS) is 12.3. The molecule has 0 spiro atoms. The van der Waals surface area contributed by atoms with Gasteiger partial charge in [0.25, 0.3) is 0 Å². The highest BCUT2D eigenvalue weighted by Gasteiger charge is 2.22. The highest BCUT2D eigenvalue weighted by molar-refractivity contribution is 5.82. The lowest BCUT2D eigenvalue weighted by Gasteiger charge is -2.22. The van der Waals surface area contributed by atoms with Gasteiger partial charge in [-0.2, -0.15) is 0 Å². The summed E-state index contributed by atoms with van der Waals surface area (Å²) in [6, 6.07) is -1.15. The highest BCUT2D eigenvalue weighted by atomic mass is 16.4. The first-order valence-electron chi connectivity index (χ1n) is 6.27. The molecule has 0 aromatic carbocycles. The number of rotatable bonds is 8. The van der Waals surface area contributed by atoms with Crippen LogP contribution in [-0.2, 0) is 4.79 Å². The topological polar surface area (TPSA) is 81.7 Å². The molecule has 6 heteroatoms. The number of amides is 2. The van der Waals surface area contributed by atoms with Gasteiger partial charge in [-0.1, -0.05) is 13.8 Å². The molecule has 0 unspecified atom stereocenters. The number of carboxylic acid groups (broad SMARTS) is 1. The summed E-state index contributed by atoms with van der Waals surface area (Å²) in [5.74, 6) is -0.762. The molecule has 2 amide bonds. The molecule has 0 saturated carbocycles. The Bertz CT molecular complexity index is 269. The minimum Gasteiger partial charge on any atom is -0.480 e. The van der Waals surface area contributed by atoms with Crippen molar-refractivity contribution in [1.29, 1.82) is 0 Å². The van der Waals surface area contributed by atoms with E-state index in [9.17, 15) is 9.59 Å². The van der Waals surface area contributed by atoms with Crippen LogP contribution in [0.2, 0.25) is 0 Å². The zero-order valence-corrected chi connectivity index (χ0v) is 11.7. The zero-order valence-electron chi connectivity index (χ0n) is 11.7. The third-order valence-electron chi connectivity index (χ3n) is 2.57. The van der Waals surface area contributed by atoms with Crippen molar-refractivity contribution in [3.63, 3.8) is 0 Å². The highest BCUT2D eigenvalue weighted by Crippen LogP contribution is 2.05. The smallest absolute Gasteiger partial charge is 0.326 e. The van der Waals surface area contributed by atoms with Crippen LogP contribution < -0.4 is 10.6 Å². The number of nitrogens with zero attached hydrogens (tertiary/aromatic N) is 1. The van der Waals surface area contributed by atoms with E-state index in [1.165, 1.54) is 4.90 Å². The molecule has 3 N–H and O–H groups in total. The van der Waals surface area contributed by atoms with Crippen LogP contribution in [0.4, 0.5) is 4.79 Å². The minimum atomic E-state index is -0.985. The lowest BCUT2D eigenvalue weighted by Crippen LogP contribution is -2.47. The van der Waals surface area contributed by atoms with E-state index in [0.717, 1.165) is 13.0 Å². The summed E-state index contributed by atoms with van der Waals surface area (Å²) >= 11 is 0. The SMILES string of the molecule is CNCCCN(C)C(=O)N[C@H](CC(C)C)C(=O)O. The number of hydrogen-bond acceptors (Lipinski definition) is 3. The van der Waals surface area contributed by atoms with Crippen molar-refractivity contribution in [2.75, 3.05) is 27.2 Å². The summed E-state index contributed by atoms with van der Waals surface area (Å²) in [6.45, 7) is 5.28. The van der Waals surface area contributed by atoms with Crippen LogP contribution in [0, 0.1) is 5.92 Å². The van der Waals surface area contributed by atoms with Crippen molar-refractivity contribution in [1.82, 2.24) is 15.5 Å². The molecular weight excluding hydrogens is 234 g/mol. The van der Waals surface area contributed by atoms with Crippen LogP contribution in [0.5, 0.6) is 0 Å². The first-order valence-corrected chi connectivity index (χ1v) is 6.27. The van der Waals surface area contributed by atoms with Gasteiger partial charge in [0.2, 0.25) is 0 Å². The summed E-state index contributed by atoms with van der Waals surface area (Å²) in [6.07, 6.45) is 1.27. The van der Waals surface area contributed by atoms with Gasteiger partial charge in [0.15, 0.2) is 0 Å². The molecule has 0 rings (SSSR count).